The standard InChI is InChI=1S/C17H24N2O3S2/c1-23-16-9-8-14(24(21,22)18-13-6-2-3-7-13)12-15(16)17(20)19-10-4-5-11-19/h8-9,12-13,18H,2-7,10-11H2,1H3. The topological polar surface area (TPSA) is 66.5 Å². The van der Waals surface area contributed by atoms with E-state index >= 15 is 0 Å². The van der Waals surface area contributed by atoms with E-state index in [4.69, 9.17) is 0 Å². The fourth-order valence-electron chi connectivity index (χ4n) is 3.44. The molecule has 1 N–H and O–H groups in total. The molecule has 0 bridgehead atoms. The Balaban J connectivity index is 1.88. The maximum absolute atomic E-state index is 12.7. The second-order valence-electron chi connectivity index (χ2n) is 6.46. The Morgan fingerprint density at radius 3 is 2.46 bits per heavy atom. The number of carbonyl (C=O) groups is 1. The van der Waals surface area contributed by atoms with Crippen molar-refractivity contribution in [2.45, 2.75) is 54.4 Å². The third-order valence-electron chi connectivity index (χ3n) is 4.78. The molecule has 0 aromatic heterocycles. The lowest BCUT2D eigenvalue weighted by molar-refractivity contribution is 0.0789. The Kier molecular flexibility index (Phi) is 5.52. The summed E-state index contributed by atoms with van der Waals surface area (Å²) in [5.74, 6) is -0.0604. The second kappa shape index (κ2) is 7.45. The van der Waals surface area contributed by atoms with E-state index in [2.05, 4.69) is 4.72 Å². The number of sulfonamides is 1. The average molecular weight is 369 g/mol. The minimum absolute atomic E-state index is 0.0213. The summed E-state index contributed by atoms with van der Waals surface area (Å²) in [6, 6.07) is 4.91. The van der Waals surface area contributed by atoms with Crippen molar-refractivity contribution >= 4 is 27.7 Å². The van der Waals surface area contributed by atoms with E-state index in [1.165, 1.54) is 11.8 Å². The Morgan fingerprint density at radius 1 is 1.17 bits per heavy atom. The summed E-state index contributed by atoms with van der Waals surface area (Å²) < 4.78 is 28.1. The molecule has 1 aromatic carbocycles. The first-order valence-electron chi connectivity index (χ1n) is 8.51. The molecule has 1 heterocycles. The largest absolute Gasteiger partial charge is 0.339 e. The molecule has 1 saturated carbocycles. The number of hydrogen-bond donors (Lipinski definition) is 1. The van der Waals surface area contributed by atoms with Crippen molar-refractivity contribution in [3.63, 3.8) is 0 Å². The first-order valence-corrected chi connectivity index (χ1v) is 11.2. The van der Waals surface area contributed by atoms with Gasteiger partial charge in [-0.2, -0.15) is 0 Å². The molecular formula is C17H24N2O3S2. The van der Waals surface area contributed by atoms with Crippen molar-refractivity contribution in [2.75, 3.05) is 19.3 Å². The molecule has 1 aromatic rings. The van der Waals surface area contributed by atoms with Gasteiger partial charge in [-0.1, -0.05) is 12.8 Å². The van der Waals surface area contributed by atoms with Crippen LogP contribution in [0.4, 0.5) is 0 Å². The van der Waals surface area contributed by atoms with Crippen molar-refractivity contribution in [2.24, 2.45) is 0 Å². The van der Waals surface area contributed by atoms with Crippen molar-refractivity contribution < 1.29 is 13.2 Å². The highest BCUT2D eigenvalue weighted by atomic mass is 32.2. The zero-order chi connectivity index (χ0) is 17.2. The third kappa shape index (κ3) is 3.78. The maximum atomic E-state index is 12.7. The molecule has 0 radical (unpaired) electrons. The zero-order valence-corrected chi connectivity index (χ0v) is 15.6. The van der Waals surface area contributed by atoms with Gasteiger partial charge in [-0.3, -0.25) is 4.79 Å². The van der Waals surface area contributed by atoms with Crippen LogP contribution in [0.3, 0.4) is 0 Å². The molecule has 2 fully saturated rings. The minimum Gasteiger partial charge on any atom is -0.339 e. The molecule has 1 aliphatic carbocycles. The highest BCUT2D eigenvalue weighted by Crippen LogP contribution is 2.27. The molecule has 1 amide bonds. The zero-order valence-electron chi connectivity index (χ0n) is 14.0. The van der Waals surface area contributed by atoms with Crippen molar-refractivity contribution in [1.29, 1.82) is 0 Å². The smallest absolute Gasteiger partial charge is 0.255 e. The van der Waals surface area contributed by atoms with Crippen LogP contribution in [0.25, 0.3) is 0 Å². The molecule has 3 rings (SSSR count). The Labute approximate surface area is 148 Å². The Bertz CT molecular complexity index is 707. The molecule has 132 valence electrons. The fourth-order valence-corrected chi connectivity index (χ4v) is 5.34. The minimum atomic E-state index is -3.58. The van der Waals surface area contributed by atoms with Gasteiger partial charge in [0.1, 0.15) is 0 Å². The molecule has 5 nitrogen and oxygen atoms in total. The van der Waals surface area contributed by atoms with Gasteiger partial charge in [-0.15, -0.1) is 11.8 Å². The Morgan fingerprint density at radius 2 is 1.83 bits per heavy atom. The van der Waals surface area contributed by atoms with Gasteiger partial charge in [0, 0.05) is 24.0 Å². The normalized spacial score (nSPS) is 19.1. The molecule has 0 spiro atoms. The molecule has 1 aliphatic heterocycles. The molecular weight excluding hydrogens is 344 g/mol. The van der Waals surface area contributed by atoms with Crippen LogP contribution in [0.2, 0.25) is 0 Å². The number of nitrogens with zero attached hydrogens (tertiary/aromatic N) is 1. The summed E-state index contributed by atoms with van der Waals surface area (Å²) in [6.07, 6.45) is 7.85. The van der Waals surface area contributed by atoms with Gasteiger partial charge in [-0.05, 0) is 50.1 Å². The van der Waals surface area contributed by atoms with Crippen LogP contribution in [0.1, 0.15) is 48.9 Å². The van der Waals surface area contributed by atoms with Crippen molar-refractivity contribution in [1.82, 2.24) is 9.62 Å². The van der Waals surface area contributed by atoms with Gasteiger partial charge >= 0.3 is 0 Å². The van der Waals surface area contributed by atoms with Gasteiger partial charge < -0.3 is 4.90 Å². The van der Waals surface area contributed by atoms with Gasteiger partial charge in [0.15, 0.2) is 0 Å². The summed E-state index contributed by atoms with van der Waals surface area (Å²) in [4.78, 5) is 15.6. The number of nitrogens with one attached hydrogen (secondary N) is 1. The molecule has 0 atom stereocenters. The number of likely N-dealkylation sites (tertiary alicyclic amines) is 1. The van der Waals surface area contributed by atoms with E-state index < -0.39 is 10.0 Å². The lowest BCUT2D eigenvalue weighted by Crippen LogP contribution is -2.33. The SMILES string of the molecule is CSc1ccc(S(=O)(=O)NC2CCCC2)cc1C(=O)N1CCCC1. The summed E-state index contributed by atoms with van der Waals surface area (Å²) in [6.45, 7) is 1.51. The first kappa shape index (κ1) is 17.8. The van der Waals surface area contributed by atoms with E-state index in [1.54, 1.807) is 18.2 Å². The van der Waals surface area contributed by atoms with Crippen molar-refractivity contribution in [3.8, 4) is 0 Å². The predicted octanol–water partition coefficient (Wildman–Crippen LogP) is 2.87. The summed E-state index contributed by atoms with van der Waals surface area (Å²) in [5.41, 5.74) is 0.499. The number of amides is 1. The van der Waals surface area contributed by atoms with Crippen LogP contribution in [0.15, 0.2) is 28.0 Å². The maximum Gasteiger partial charge on any atom is 0.255 e. The van der Waals surface area contributed by atoms with Crippen LogP contribution in [0, 0.1) is 0 Å². The third-order valence-corrected chi connectivity index (χ3v) is 7.10. The molecule has 24 heavy (non-hydrogen) atoms. The summed E-state index contributed by atoms with van der Waals surface area (Å²) >= 11 is 1.47. The lowest BCUT2D eigenvalue weighted by Gasteiger charge is -2.18. The number of thioether (sulfide) groups is 1. The molecule has 2 aliphatic rings. The average Bonchev–Trinajstić information content (AvgIpc) is 3.26. The van der Waals surface area contributed by atoms with Crippen LogP contribution < -0.4 is 4.72 Å². The summed E-state index contributed by atoms with van der Waals surface area (Å²) in [7, 11) is -3.58. The van der Waals surface area contributed by atoms with Gasteiger partial charge in [0.2, 0.25) is 10.0 Å². The Hall–Kier alpha value is -1.05. The molecule has 1 saturated heterocycles. The van der Waals surface area contributed by atoms with Gasteiger partial charge in [0.05, 0.1) is 10.5 Å². The molecule has 7 heteroatoms. The quantitative estimate of drug-likeness (QED) is 0.812. The highest BCUT2D eigenvalue weighted by molar-refractivity contribution is 7.98. The first-order chi connectivity index (χ1) is 11.5. The van der Waals surface area contributed by atoms with Crippen molar-refractivity contribution in [3.05, 3.63) is 23.8 Å². The number of rotatable bonds is 5. The monoisotopic (exact) mass is 368 g/mol. The van der Waals surface area contributed by atoms with E-state index in [0.29, 0.717) is 5.56 Å². The van der Waals surface area contributed by atoms with Gasteiger partial charge in [0.25, 0.3) is 5.91 Å². The number of carbonyl (C=O) groups excluding carboxylic acids is 1. The fraction of sp³-hybridized carbons (Fsp3) is 0.588. The number of hydrogen-bond acceptors (Lipinski definition) is 4. The van der Waals surface area contributed by atoms with Crippen LogP contribution in [-0.4, -0.2) is 44.6 Å². The molecule has 0 unspecified atom stereocenters. The second-order valence-corrected chi connectivity index (χ2v) is 9.03. The number of benzene rings is 1. The van der Waals surface area contributed by atoms with Crippen LogP contribution in [0.5, 0.6) is 0 Å². The van der Waals surface area contributed by atoms with E-state index in [-0.39, 0.29) is 16.8 Å². The summed E-state index contributed by atoms with van der Waals surface area (Å²) in [5, 5.41) is 0. The van der Waals surface area contributed by atoms with E-state index in [1.807, 2.05) is 11.2 Å². The predicted molar refractivity (Wildman–Crippen MR) is 95.9 cm³/mol. The van der Waals surface area contributed by atoms with E-state index in [0.717, 1.165) is 56.5 Å². The van der Waals surface area contributed by atoms with E-state index in [9.17, 15) is 13.2 Å². The van der Waals surface area contributed by atoms with Crippen LogP contribution in [-0.2, 0) is 10.0 Å². The lowest BCUT2D eigenvalue weighted by atomic mass is 10.2. The highest BCUT2D eigenvalue weighted by Gasteiger charge is 2.26. The van der Waals surface area contributed by atoms with Gasteiger partial charge in [-0.25, -0.2) is 13.1 Å². The van der Waals surface area contributed by atoms with Crippen LogP contribution >= 0.6 is 11.8 Å².